The van der Waals surface area contributed by atoms with Crippen LogP contribution in [0.5, 0.6) is 17.2 Å². The summed E-state index contributed by atoms with van der Waals surface area (Å²) in [4.78, 5) is 10.9. The fourth-order valence-corrected chi connectivity index (χ4v) is 3.50. The molecule has 2 aromatic carbocycles. The van der Waals surface area contributed by atoms with Crippen molar-refractivity contribution in [1.29, 1.82) is 0 Å². The molecule has 0 saturated carbocycles. The van der Waals surface area contributed by atoms with E-state index in [1.807, 2.05) is 0 Å². The number of H-pyrrole nitrogens is 1. The van der Waals surface area contributed by atoms with E-state index in [0.29, 0.717) is 45.7 Å². The lowest BCUT2D eigenvalue weighted by atomic mass is 10.1. The molecule has 4 rings (SSSR count). The summed E-state index contributed by atoms with van der Waals surface area (Å²) in [5.74, 6) is 2.44. The van der Waals surface area contributed by atoms with Crippen LogP contribution in [0.15, 0.2) is 58.0 Å². The number of benzene rings is 2. The van der Waals surface area contributed by atoms with Gasteiger partial charge in [-0.25, -0.2) is 5.10 Å². The first-order valence-electron chi connectivity index (χ1n) is 9.82. The molecule has 0 radical (unpaired) electrons. The summed E-state index contributed by atoms with van der Waals surface area (Å²) in [6.45, 7) is 0. The van der Waals surface area contributed by atoms with Gasteiger partial charge in [0.05, 0.1) is 38.0 Å². The van der Waals surface area contributed by atoms with E-state index in [1.54, 1.807) is 42.5 Å². The van der Waals surface area contributed by atoms with Gasteiger partial charge in [0.25, 0.3) is 5.69 Å². The number of aromatic nitrogens is 3. The molecule has 0 unspecified atom stereocenters. The molecule has 0 saturated heterocycles. The van der Waals surface area contributed by atoms with Crippen LogP contribution >= 0.6 is 12.2 Å². The van der Waals surface area contributed by atoms with Crippen LogP contribution in [0.3, 0.4) is 0 Å². The molecule has 2 aromatic heterocycles. The minimum absolute atomic E-state index is 0.0536. The van der Waals surface area contributed by atoms with Crippen molar-refractivity contribution in [2.24, 2.45) is 5.10 Å². The molecule has 0 spiro atoms. The number of hydrogen-bond donors (Lipinski definition) is 1. The zero-order chi connectivity index (χ0) is 24.2. The second kappa shape index (κ2) is 9.58. The highest BCUT2D eigenvalue weighted by molar-refractivity contribution is 7.71. The van der Waals surface area contributed by atoms with Crippen LogP contribution in [0.25, 0.3) is 22.7 Å². The summed E-state index contributed by atoms with van der Waals surface area (Å²) in [7, 11) is 4.55. The lowest BCUT2D eigenvalue weighted by Gasteiger charge is -2.13. The number of nitrogens with one attached hydrogen (secondary N) is 1. The maximum absolute atomic E-state index is 11.3. The number of methoxy groups -OCH3 is 3. The molecule has 11 nitrogen and oxygen atoms in total. The Hall–Kier alpha value is -4.45. The number of para-hydroxylation sites is 1. The summed E-state index contributed by atoms with van der Waals surface area (Å²) in [5.41, 5.74) is 0.923. The van der Waals surface area contributed by atoms with Crippen molar-refractivity contribution in [3.05, 3.63) is 69.2 Å². The molecule has 2 heterocycles. The highest BCUT2D eigenvalue weighted by atomic mass is 32.1. The van der Waals surface area contributed by atoms with Gasteiger partial charge in [0.15, 0.2) is 17.3 Å². The molecule has 0 fully saturated rings. The van der Waals surface area contributed by atoms with Crippen molar-refractivity contribution < 1.29 is 23.6 Å². The topological polar surface area (TPSA) is 130 Å². The molecular weight excluding hydrogens is 462 g/mol. The van der Waals surface area contributed by atoms with E-state index in [0.717, 1.165) is 0 Å². The van der Waals surface area contributed by atoms with Gasteiger partial charge in [0, 0.05) is 11.6 Å². The Labute approximate surface area is 198 Å². The predicted molar refractivity (Wildman–Crippen MR) is 126 cm³/mol. The van der Waals surface area contributed by atoms with Crippen molar-refractivity contribution in [2.75, 3.05) is 21.3 Å². The molecule has 34 heavy (non-hydrogen) atoms. The van der Waals surface area contributed by atoms with Gasteiger partial charge >= 0.3 is 0 Å². The van der Waals surface area contributed by atoms with Gasteiger partial charge in [0.2, 0.25) is 10.5 Å². The van der Waals surface area contributed by atoms with E-state index in [4.69, 9.17) is 30.8 Å². The zero-order valence-corrected chi connectivity index (χ0v) is 19.2. The third-order valence-corrected chi connectivity index (χ3v) is 5.13. The van der Waals surface area contributed by atoms with Crippen molar-refractivity contribution in [3.63, 3.8) is 0 Å². The van der Waals surface area contributed by atoms with Crippen molar-refractivity contribution in [2.45, 2.75) is 0 Å². The van der Waals surface area contributed by atoms with E-state index < -0.39 is 4.92 Å². The van der Waals surface area contributed by atoms with Gasteiger partial charge in [-0.15, -0.1) is 0 Å². The fourth-order valence-electron chi connectivity index (χ4n) is 3.32. The van der Waals surface area contributed by atoms with E-state index >= 15 is 0 Å². The SMILES string of the molecule is COc1cc(-c2n[nH]c(=S)n2/N=C/c2ccc(-c3ccccc3[N+](=O)[O-])o2)cc(OC)c1OC. The number of nitrogens with zero attached hydrogens (tertiary/aromatic N) is 4. The maximum Gasteiger partial charge on any atom is 0.280 e. The highest BCUT2D eigenvalue weighted by Gasteiger charge is 2.19. The van der Waals surface area contributed by atoms with Gasteiger partial charge in [-0.2, -0.15) is 14.9 Å². The van der Waals surface area contributed by atoms with E-state index in [1.165, 1.54) is 38.3 Å². The van der Waals surface area contributed by atoms with Gasteiger partial charge in [-0.05, 0) is 42.5 Å². The molecule has 4 aromatic rings. The number of nitro benzene ring substituents is 1. The molecule has 0 aliphatic rings. The van der Waals surface area contributed by atoms with Crippen LogP contribution in [0.4, 0.5) is 5.69 Å². The number of ether oxygens (including phenoxy) is 3. The van der Waals surface area contributed by atoms with Crippen LogP contribution in [-0.2, 0) is 0 Å². The zero-order valence-electron chi connectivity index (χ0n) is 18.3. The Balaban J connectivity index is 1.70. The Bertz CT molecular complexity index is 1410. The maximum atomic E-state index is 11.3. The molecule has 0 atom stereocenters. The number of hydrogen-bond acceptors (Lipinski definition) is 9. The molecular formula is C22H19N5O6S. The average molecular weight is 481 g/mol. The standard InChI is InChI=1S/C22H19N5O6S/c1-30-18-10-13(11-19(31-2)20(18)32-3)21-24-25-22(34)26(21)23-12-14-8-9-17(33-14)15-6-4-5-7-16(15)27(28)29/h4-12H,1-3H3,(H,25,34)/b23-12+. The fraction of sp³-hybridized carbons (Fsp3) is 0.136. The number of aromatic amines is 1. The quantitative estimate of drug-likeness (QED) is 0.166. The van der Waals surface area contributed by atoms with Gasteiger partial charge < -0.3 is 18.6 Å². The Kier molecular flexibility index (Phi) is 6.41. The predicted octanol–water partition coefficient (Wildman–Crippen LogP) is 4.68. The van der Waals surface area contributed by atoms with Gasteiger partial charge in [0.1, 0.15) is 11.5 Å². The highest BCUT2D eigenvalue weighted by Crippen LogP contribution is 2.40. The Morgan fingerprint density at radius 1 is 1.12 bits per heavy atom. The molecule has 0 amide bonds. The molecule has 0 bridgehead atoms. The molecule has 1 N–H and O–H groups in total. The lowest BCUT2D eigenvalue weighted by molar-refractivity contribution is -0.384. The number of nitro groups is 1. The summed E-state index contributed by atoms with van der Waals surface area (Å²) in [6, 6.07) is 13.1. The van der Waals surface area contributed by atoms with E-state index in [9.17, 15) is 10.1 Å². The summed E-state index contributed by atoms with van der Waals surface area (Å²) >= 11 is 5.33. The number of rotatable bonds is 8. The third kappa shape index (κ3) is 4.26. The summed E-state index contributed by atoms with van der Waals surface area (Å²) in [5, 5.41) is 22.7. The number of furan rings is 1. The van der Waals surface area contributed by atoms with Crippen LogP contribution in [0.2, 0.25) is 0 Å². The normalized spacial score (nSPS) is 11.0. The monoisotopic (exact) mass is 481 g/mol. The lowest BCUT2D eigenvalue weighted by Crippen LogP contribution is -1.98. The third-order valence-electron chi connectivity index (χ3n) is 4.87. The van der Waals surface area contributed by atoms with Crippen LogP contribution in [-0.4, -0.2) is 47.3 Å². The van der Waals surface area contributed by atoms with E-state index in [-0.39, 0.29) is 10.5 Å². The second-order valence-corrected chi connectivity index (χ2v) is 7.19. The van der Waals surface area contributed by atoms with Crippen molar-refractivity contribution in [3.8, 4) is 40.0 Å². The molecule has 0 aliphatic heterocycles. The average Bonchev–Trinajstić information content (AvgIpc) is 3.48. The van der Waals surface area contributed by atoms with Crippen molar-refractivity contribution in [1.82, 2.24) is 14.9 Å². The first kappa shape index (κ1) is 22.7. The van der Waals surface area contributed by atoms with Crippen LogP contribution < -0.4 is 14.2 Å². The minimum atomic E-state index is -0.458. The van der Waals surface area contributed by atoms with Gasteiger partial charge in [-0.3, -0.25) is 10.1 Å². The molecule has 174 valence electrons. The molecule has 12 heteroatoms. The second-order valence-electron chi connectivity index (χ2n) is 6.80. The first-order chi connectivity index (χ1) is 16.5. The smallest absolute Gasteiger partial charge is 0.280 e. The van der Waals surface area contributed by atoms with Crippen LogP contribution in [0, 0.1) is 14.9 Å². The largest absolute Gasteiger partial charge is 0.493 e. The van der Waals surface area contributed by atoms with Crippen molar-refractivity contribution >= 4 is 24.1 Å². The Morgan fingerprint density at radius 2 is 1.82 bits per heavy atom. The minimum Gasteiger partial charge on any atom is -0.493 e. The Morgan fingerprint density at radius 3 is 2.47 bits per heavy atom. The van der Waals surface area contributed by atoms with E-state index in [2.05, 4.69) is 15.3 Å². The molecule has 0 aliphatic carbocycles. The summed E-state index contributed by atoms with van der Waals surface area (Å²) in [6.07, 6.45) is 1.44. The van der Waals surface area contributed by atoms with Crippen LogP contribution in [0.1, 0.15) is 5.76 Å². The first-order valence-corrected chi connectivity index (χ1v) is 10.2. The summed E-state index contributed by atoms with van der Waals surface area (Å²) < 4.78 is 23.6. The van der Waals surface area contributed by atoms with Gasteiger partial charge in [-0.1, -0.05) is 12.1 Å².